The van der Waals surface area contributed by atoms with Gasteiger partial charge in [-0.25, -0.2) is 0 Å². The van der Waals surface area contributed by atoms with Crippen LogP contribution in [0.4, 0.5) is 34.1 Å². The Hall–Kier alpha value is -9.76. The van der Waals surface area contributed by atoms with Gasteiger partial charge in [0.05, 0.1) is 11.4 Å². The van der Waals surface area contributed by atoms with Crippen molar-refractivity contribution in [3.05, 3.63) is 315 Å². The van der Waals surface area contributed by atoms with Gasteiger partial charge in [0.25, 0.3) is 0 Å². The van der Waals surface area contributed by atoms with Crippen LogP contribution in [-0.2, 0) is 0 Å². The number of anilines is 6. The SMILES string of the molecule is c1ccc(-c2ccc(-c3cc(N(c4ccc(-c5ccccc5)cc4)c4ccc(-c5ccccc5)cc4)c(N(c4ccc(-c5ccccc5)cc4)c4ccc(-c5ccccc5)cc4)cc3-c3ccccc3)cc2)cc1. The number of nitrogens with zero attached hydrogens (tertiary/aromatic N) is 2. The lowest BCUT2D eigenvalue weighted by Gasteiger charge is -2.35. The third-order valence-corrected chi connectivity index (χ3v) is 13.9. The molecule has 2 heteroatoms. The maximum atomic E-state index is 2.44. The predicted octanol–water partition coefficient (Wildman–Crippen LogP) is 20.3. The van der Waals surface area contributed by atoms with Gasteiger partial charge in [0.15, 0.2) is 0 Å². The van der Waals surface area contributed by atoms with Crippen molar-refractivity contribution < 1.29 is 0 Å². The lowest BCUT2D eigenvalue weighted by atomic mass is 9.91. The smallest absolute Gasteiger partial charge is 0.0709 e. The highest BCUT2D eigenvalue weighted by molar-refractivity contribution is 5.99. The summed E-state index contributed by atoms with van der Waals surface area (Å²) in [5.41, 5.74) is 22.4. The van der Waals surface area contributed by atoms with Crippen molar-refractivity contribution in [3.63, 3.8) is 0 Å². The molecule has 0 amide bonds. The normalized spacial score (nSPS) is 11.0. The maximum Gasteiger partial charge on any atom is 0.0709 e. The Morgan fingerprint density at radius 2 is 0.311 bits per heavy atom. The van der Waals surface area contributed by atoms with Crippen molar-refractivity contribution in [2.45, 2.75) is 0 Å². The Bertz CT molecular complexity index is 3570. The number of rotatable bonds is 13. The average Bonchev–Trinajstić information content (AvgIpc) is 3.51. The minimum atomic E-state index is 1.02. The van der Waals surface area contributed by atoms with E-state index in [2.05, 4.69) is 325 Å². The van der Waals surface area contributed by atoms with Gasteiger partial charge >= 0.3 is 0 Å². The highest BCUT2D eigenvalue weighted by Gasteiger charge is 2.26. The Kier molecular flexibility index (Phi) is 12.8. The van der Waals surface area contributed by atoms with Gasteiger partial charge in [0, 0.05) is 22.7 Å². The zero-order valence-electron chi connectivity index (χ0n) is 40.9. The van der Waals surface area contributed by atoms with Gasteiger partial charge in [-0.2, -0.15) is 0 Å². The number of hydrogen-bond donors (Lipinski definition) is 0. The molecule has 0 aliphatic heterocycles. The van der Waals surface area contributed by atoms with E-state index < -0.39 is 0 Å². The molecule has 0 heterocycles. The lowest BCUT2D eigenvalue weighted by Crippen LogP contribution is -2.17. The summed E-state index contributed by atoms with van der Waals surface area (Å²) in [4.78, 5) is 4.89. The fraction of sp³-hybridized carbons (Fsp3) is 0. The molecule has 0 saturated heterocycles. The molecule has 12 rings (SSSR count). The molecule has 0 aliphatic rings. The molecular weight excluding hydrogens is 893 g/mol. The van der Waals surface area contributed by atoms with E-state index in [1.165, 1.54) is 33.4 Å². The van der Waals surface area contributed by atoms with E-state index >= 15 is 0 Å². The Morgan fingerprint density at radius 3 is 0.541 bits per heavy atom. The zero-order valence-corrected chi connectivity index (χ0v) is 40.9. The van der Waals surface area contributed by atoms with E-state index in [1.807, 2.05) is 0 Å². The summed E-state index contributed by atoms with van der Waals surface area (Å²) in [6, 6.07) is 114. The third kappa shape index (κ3) is 9.56. The minimum Gasteiger partial charge on any atom is -0.308 e. The van der Waals surface area contributed by atoms with E-state index in [4.69, 9.17) is 0 Å². The summed E-state index contributed by atoms with van der Waals surface area (Å²) in [7, 11) is 0. The van der Waals surface area contributed by atoms with Gasteiger partial charge in [-0.1, -0.05) is 255 Å². The Morgan fingerprint density at radius 1 is 0.149 bits per heavy atom. The zero-order chi connectivity index (χ0) is 49.5. The summed E-state index contributed by atoms with van der Waals surface area (Å²) in [5, 5.41) is 0. The van der Waals surface area contributed by atoms with E-state index in [9.17, 15) is 0 Å². The molecule has 74 heavy (non-hydrogen) atoms. The van der Waals surface area contributed by atoms with Crippen LogP contribution in [0.5, 0.6) is 0 Å². The Balaban J connectivity index is 1.13. The van der Waals surface area contributed by atoms with Gasteiger partial charge in [0.1, 0.15) is 0 Å². The van der Waals surface area contributed by atoms with Crippen LogP contribution in [0, 0.1) is 0 Å². The van der Waals surface area contributed by atoms with Crippen molar-refractivity contribution in [2.24, 2.45) is 0 Å². The molecule has 0 radical (unpaired) electrons. The summed E-state index contributed by atoms with van der Waals surface area (Å²) >= 11 is 0. The lowest BCUT2D eigenvalue weighted by molar-refractivity contribution is 1.23. The number of benzene rings is 12. The van der Waals surface area contributed by atoms with Crippen molar-refractivity contribution in [2.75, 3.05) is 9.80 Å². The molecule has 0 atom stereocenters. The van der Waals surface area contributed by atoms with Gasteiger partial charge in [-0.15, -0.1) is 0 Å². The quantitative estimate of drug-likeness (QED) is 0.114. The summed E-state index contributed by atoms with van der Waals surface area (Å²) < 4.78 is 0. The molecule has 350 valence electrons. The Labute approximate surface area is 435 Å². The fourth-order valence-corrected chi connectivity index (χ4v) is 10.1. The van der Waals surface area contributed by atoms with E-state index in [1.54, 1.807) is 0 Å². The molecule has 12 aromatic carbocycles. The van der Waals surface area contributed by atoms with Crippen LogP contribution >= 0.6 is 0 Å². The summed E-state index contributed by atoms with van der Waals surface area (Å²) in [6.45, 7) is 0. The highest BCUT2D eigenvalue weighted by Crippen LogP contribution is 2.51. The van der Waals surface area contributed by atoms with Crippen LogP contribution in [0.25, 0.3) is 77.9 Å². The van der Waals surface area contributed by atoms with Gasteiger partial charge in [-0.05, 0) is 139 Å². The minimum absolute atomic E-state index is 1.02. The highest BCUT2D eigenvalue weighted by atomic mass is 15.2. The first-order chi connectivity index (χ1) is 36.7. The molecule has 0 unspecified atom stereocenters. The van der Waals surface area contributed by atoms with Gasteiger partial charge in [-0.3, -0.25) is 0 Å². The van der Waals surface area contributed by atoms with Crippen LogP contribution in [0.15, 0.2) is 315 Å². The van der Waals surface area contributed by atoms with Gasteiger partial charge < -0.3 is 9.80 Å². The van der Waals surface area contributed by atoms with Crippen molar-refractivity contribution in [3.8, 4) is 77.9 Å². The molecule has 0 N–H and O–H groups in total. The molecule has 0 fully saturated rings. The first kappa shape index (κ1) is 45.4. The molecule has 0 aromatic heterocycles. The third-order valence-electron chi connectivity index (χ3n) is 13.9. The molecule has 2 nitrogen and oxygen atoms in total. The summed E-state index contributed by atoms with van der Waals surface area (Å²) in [5.74, 6) is 0. The first-order valence-electron chi connectivity index (χ1n) is 25.3. The second kappa shape index (κ2) is 20.9. The van der Waals surface area contributed by atoms with Crippen molar-refractivity contribution in [1.29, 1.82) is 0 Å². The maximum absolute atomic E-state index is 2.44. The van der Waals surface area contributed by atoms with Gasteiger partial charge in [0.2, 0.25) is 0 Å². The topological polar surface area (TPSA) is 6.48 Å². The van der Waals surface area contributed by atoms with Crippen LogP contribution in [0.2, 0.25) is 0 Å². The van der Waals surface area contributed by atoms with Crippen LogP contribution in [0.1, 0.15) is 0 Å². The van der Waals surface area contributed by atoms with Crippen molar-refractivity contribution >= 4 is 34.1 Å². The monoisotopic (exact) mass is 944 g/mol. The average molecular weight is 945 g/mol. The standard InChI is InChI=1S/C72H52N2/c1-7-19-53(20-8-1)58-31-33-64(34-32-58)70-52-72(74(67-47-39-61(40-48-67)56-25-13-4-14-26-56)68-49-41-62(42-50-68)57-27-15-5-16-28-57)71(51-69(70)63-29-17-6-18-30-63)73(65-43-35-59(36-44-65)54-21-9-2-10-22-54)66-45-37-60(38-46-66)55-23-11-3-12-24-55/h1-52H. The molecule has 0 bridgehead atoms. The second-order valence-electron chi connectivity index (χ2n) is 18.5. The molecule has 0 saturated carbocycles. The number of hydrogen-bond acceptors (Lipinski definition) is 2. The fourth-order valence-electron chi connectivity index (χ4n) is 10.1. The molecule has 12 aromatic rings. The molecule has 0 aliphatic carbocycles. The predicted molar refractivity (Wildman–Crippen MR) is 314 cm³/mol. The first-order valence-corrected chi connectivity index (χ1v) is 25.3. The van der Waals surface area contributed by atoms with Crippen molar-refractivity contribution in [1.82, 2.24) is 0 Å². The van der Waals surface area contributed by atoms with Crippen LogP contribution < -0.4 is 9.80 Å². The van der Waals surface area contributed by atoms with Crippen LogP contribution in [0.3, 0.4) is 0 Å². The summed E-state index contributed by atoms with van der Waals surface area (Å²) in [6.07, 6.45) is 0. The second-order valence-corrected chi connectivity index (χ2v) is 18.5. The van der Waals surface area contributed by atoms with Crippen LogP contribution in [-0.4, -0.2) is 0 Å². The van der Waals surface area contributed by atoms with E-state index in [-0.39, 0.29) is 0 Å². The van der Waals surface area contributed by atoms with E-state index in [0.717, 1.165) is 78.6 Å². The van der Waals surface area contributed by atoms with E-state index in [0.29, 0.717) is 0 Å². The molecular formula is C72H52N2. The molecule has 0 spiro atoms. The largest absolute Gasteiger partial charge is 0.308 e.